The molecule has 0 unspecified atom stereocenters. The van der Waals surface area contributed by atoms with E-state index in [2.05, 4.69) is 10.4 Å². The quantitative estimate of drug-likeness (QED) is 0.745. The first-order valence-corrected chi connectivity index (χ1v) is 5.81. The molecule has 0 saturated heterocycles. The average Bonchev–Trinajstić information content (AvgIpc) is 2.51. The molecule has 5 heteroatoms. The van der Waals surface area contributed by atoms with Crippen molar-refractivity contribution in [2.24, 2.45) is 7.05 Å². The van der Waals surface area contributed by atoms with Crippen molar-refractivity contribution in [1.82, 2.24) is 15.1 Å². The third-order valence-electron chi connectivity index (χ3n) is 2.89. The molecular weight excluding hydrogens is 218 g/mol. The molecule has 1 N–H and O–H groups in total. The highest BCUT2D eigenvalue weighted by Gasteiger charge is 2.10. The third-order valence-corrected chi connectivity index (χ3v) is 2.89. The summed E-state index contributed by atoms with van der Waals surface area (Å²) in [5.74, 6) is 0.0599. The van der Waals surface area contributed by atoms with Crippen molar-refractivity contribution >= 4 is 5.91 Å². The van der Waals surface area contributed by atoms with Crippen molar-refractivity contribution in [3.63, 3.8) is 0 Å². The molecule has 0 radical (unpaired) electrons. The Hall–Kier alpha value is -1.36. The van der Waals surface area contributed by atoms with E-state index in [1.165, 1.54) is 5.56 Å². The fraction of sp³-hybridized carbons (Fsp3) is 0.667. The van der Waals surface area contributed by atoms with Crippen molar-refractivity contribution in [3.8, 4) is 0 Å². The van der Waals surface area contributed by atoms with E-state index in [0.717, 1.165) is 17.8 Å². The average molecular weight is 239 g/mol. The summed E-state index contributed by atoms with van der Waals surface area (Å²) < 4.78 is 6.72. The van der Waals surface area contributed by atoms with Gasteiger partial charge in [-0.1, -0.05) is 0 Å². The monoisotopic (exact) mass is 239 g/mol. The van der Waals surface area contributed by atoms with Gasteiger partial charge in [0.25, 0.3) is 0 Å². The number of hydrogen-bond donors (Lipinski definition) is 1. The minimum atomic E-state index is 0.0599. The number of nitrogens with zero attached hydrogens (tertiary/aromatic N) is 2. The lowest BCUT2D eigenvalue weighted by Crippen LogP contribution is -2.27. The normalized spacial score (nSPS) is 10.6. The van der Waals surface area contributed by atoms with Crippen LogP contribution < -0.4 is 5.32 Å². The number of nitrogens with one attached hydrogen (secondary N) is 1. The Morgan fingerprint density at radius 1 is 1.47 bits per heavy atom. The van der Waals surface area contributed by atoms with Gasteiger partial charge in [0.15, 0.2) is 0 Å². The van der Waals surface area contributed by atoms with Gasteiger partial charge >= 0.3 is 0 Å². The predicted octanol–water partition coefficient (Wildman–Crippen LogP) is 0.732. The van der Waals surface area contributed by atoms with E-state index >= 15 is 0 Å². The topological polar surface area (TPSA) is 56.1 Å². The summed E-state index contributed by atoms with van der Waals surface area (Å²) in [6, 6.07) is 0. The van der Waals surface area contributed by atoms with E-state index in [-0.39, 0.29) is 5.91 Å². The number of ether oxygens (including phenoxy) is 1. The van der Waals surface area contributed by atoms with Gasteiger partial charge in [0.1, 0.15) is 0 Å². The van der Waals surface area contributed by atoms with Gasteiger partial charge in [-0.3, -0.25) is 9.48 Å². The molecule has 0 fully saturated rings. The molecule has 5 nitrogen and oxygen atoms in total. The lowest BCUT2D eigenvalue weighted by Gasteiger charge is -2.04. The summed E-state index contributed by atoms with van der Waals surface area (Å²) in [6.45, 7) is 5.13. The molecule has 1 rings (SSSR count). The Bertz CT molecular complexity index is 385. The van der Waals surface area contributed by atoms with Crippen molar-refractivity contribution in [2.75, 3.05) is 20.3 Å². The Morgan fingerprint density at radius 2 is 2.18 bits per heavy atom. The second kappa shape index (κ2) is 6.39. The zero-order chi connectivity index (χ0) is 12.8. The smallest absolute Gasteiger partial charge is 0.220 e. The molecule has 0 aliphatic carbocycles. The maximum absolute atomic E-state index is 11.5. The molecule has 1 amide bonds. The van der Waals surface area contributed by atoms with Gasteiger partial charge in [-0.2, -0.15) is 5.10 Å². The van der Waals surface area contributed by atoms with Gasteiger partial charge in [-0.05, 0) is 25.8 Å². The van der Waals surface area contributed by atoms with Crippen LogP contribution in [0.15, 0.2) is 0 Å². The van der Waals surface area contributed by atoms with E-state index in [1.807, 2.05) is 25.6 Å². The summed E-state index contributed by atoms with van der Waals surface area (Å²) >= 11 is 0. The van der Waals surface area contributed by atoms with Crippen LogP contribution in [0.5, 0.6) is 0 Å². The molecule has 1 aromatic heterocycles. The first-order valence-electron chi connectivity index (χ1n) is 5.81. The summed E-state index contributed by atoms with van der Waals surface area (Å²) in [6.07, 6.45) is 1.24. The predicted molar refractivity (Wildman–Crippen MR) is 65.9 cm³/mol. The van der Waals surface area contributed by atoms with Crippen LogP contribution >= 0.6 is 0 Å². The third kappa shape index (κ3) is 3.85. The Labute approximate surface area is 102 Å². The number of carbonyl (C=O) groups excluding carboxylic acids is 1. The van der Waals surface area contributed by atoms with Crippen molar-refractivity contribution < 1.29 is 9.53 Å². The van der Waals surface area contributed by atoms with E-state index in [4.69, 9.17) is 4.74 Å². The van der Waals surface area contributed by atoms with Crippen LogP contribution in [0.2, 0.25) is 0 Å². The molecule has 0 spiro atoms. The molecule has 0 aliphatic heterocycles. The van der Waals surface area contributed by atoms with Crippen LogP contribution in [-0.2, 0) is 23.0 Å². The van der Waals surface area contributed by atoms with Crippen LogP contribution in [0.1, 0.15) is 23.4 Å². The number of hydrogen-bond acceptors (Lipinski definition) is 3. The van der Waals surface area contributed by atoms with E-state index in [0.29, 0.717) is 19.6 Å². The Kier molecular flexibility index (Phi) is 5.15. The van der Waals surface area contributed by atoms with Crippen molar-refractivity contribution in [1.29, 1.82) is 0 Å². The largest absolute Gasteiger partial charge is 0.383 e. The lowest BCUT2D eigenvalue weighted by atomic mass is 10.1. The summed E-state index contributed by atoms with van der Waals surface area (Å²) in [7, 11) is 3.54. The maximum Gasteiger partial charge on any atom is 0.220 e. The first kappa shape index (κ1) is 13.7. The highest BCUT2D eigenvalue weighted by atomic mass is 16.5. The SMILES string of the molecule is COCCNC(=O)CCc1c(C)nn(C)c1C. The minimum Gasteiger partial charge on any atom is -0.383 e. The molecule has 0 atom stereocenters. The van der Waals surface area contributed by atoms with Gasteiger partial charge in [0.2, 0.25) is 5.91 Å². The fourth-order valence-electron chi connectivity index (χ4n) is 1.80. The zero-order valence-corrected chi connectivity index (χ0v) is 11.0. The van der Waals surface area contributed by atoms with Gasteiger partial charge in [0, 0.05) is 32.8 Å². The number of aromatic nitrogens is 2. The van der Waals surface area contributed by atoms with Gasteiger partial charge in [-0.25, -0.2) is 0 Å². The molecule has 17 heavy (non-hydrogen) atoms. The van der Waals surface area contributed by atoms with Crippen LogP contribution in [0.4, 0.5) is 0 Å². The standard InChI is InChI=1S/C12H21N3O2/c1-9-11(10(2)15(3)14-9)5-6-12(16)13-7-8-17-4/h5-8H2,1-4H3,(H,13,16). The number of aryl methyl sites for hydroxylation is 2. The Balaban J connectivity index is 2.42. The number of amides is 1. The molecule has 96 valence electrons. The van der Waals surface area contributed by atoms with Gasteiger partial charge in [0.05, 0.1) is 12.3 Å². The molecule has 0 aliphatic rings. The van der Waals surface area contributed by atoms with E-state index in [1.54, 1.807) is 7.11 Å². The van der Waals surface area contributed by atoms with Crippen LogP contribution in [-0.4, -0.2) is 35.9 Å². The summed E-state index contributed by atoms with van der Waals surface area (Å²) in [4.78, 5) is 11.5. The van der Waals surface area contributed by atoms with Crippen molar-refractivity contribution in [2.45, 2.75) is 26.7 Å². The van der Waals surface area contributed by atoms with Crippen LogP contribution in [0.25, 0.3) is 0 Å². The fourth-order valence-corrected chi connectivity index (χ4v) is 1.80. The van der Waals surface area contributed by atoms with E-state index in [9.17, 15) is 4.79 Å². The molecule has 1 heterocycles. The molecular formula is C12H21N3O2. The van der Waals surface area contributed by atoms with Crippen LogP contribution in [0, 0.1) is 13.8 Å². The molecule has 0 bridgehead atoms. The lowest BCUT2D eigenvalue weighted by molar-refractivity contribution is -0.121. The summed E-state index contributed by atoms with van der Waals surface area (Å²) in [5.41, 5.74) is 3.32. The van der Waals surface area contributed by atoms with Gasteiger partial charge in [-0.15, -0.1) is 0 Å². The number of methoxy groups -OCH3 is 1. The molecule has 1 aromatic rings. The highest BCUT2D eigenvalue weighted by Crippen LogP contribution is 2.13. The number of carbonyl (C=O) groups is 1. The Morgan fingerprint density at radius 3 is 2.71 bits per heavy atom. The molecule has 0 aromatic carbocycles. The van der Waals surface area contributed by atoms with E-state index < -0.39 is 0 Å². The number of rotatable bonds is 6. The maximum atomic E-state index is 11.5. The minimum absolute atomic E-state index is 0.0599. The second-order valence-electron chi connectivity index (χ2n) is 4.12. The first-order chi connectivity index (χ1) is 8.06. The molecule has 0 saturated carbocycles. The summed E-state index contributed by atoms with van der Waals surface area (Å²) in [5, 5.41) is 7.14. The highest BCUT2D eigenvalue weighted by molar-refractivity contribution is 5.76. The van der Waals surface area contributed by atoms with Crippen molar-refractivity contribution in [3.05, 3.63) is 17.0 Å². The second-order valence-corrected chi connectivity index (χ2v) is 4.12. The van der Waals surface area contributed by atoms with Gasteiger partial charge < -0.3 is 10.1 Å². The van der Waals surface area contributed by atoms with Crippen LogP contribution in [0.3, 0.4) is 0 Å². The zero-order valence-electron chi connectivity index (χ0n) is 11.0.